The molecule has 1 aliphatic rings. The van der Waals surface area contributed by atoms with Crippen molar-refractivity contribution in [1.29, 1.82) is 0 Å². The number of hydrogen-bond acceptors (Lipinski definition) is 4. The smallest absolute Gasteiger partial charge is 0.244 e. The maximum absolute atomic E-state index is 12.7. The molecule has 0 saturated carbocycles. The van der Waals surface area contributed by atoms with Crippen LogP contribution in [0.1, 0.15) is 29.0 Å². The largest absolute Gasteiger partial charge is 0.330 e. The van der Waals surface area contributed by atoms with E-state index in [1.54, 1.807) is 21.7 Å². The van der Waals surface area contributed by atoms with E-state index in [0.717, 1.165) is 29.0 Å². The summed E-state index contributed by atoms with van der Waals surface area (Å²) < 4.78 is 27.0. The normalized spacial score (nSPS) is 20.6. The van der Waals surface area contributed by atoms with E-state index in [4.69, 9.17) is 5.73 Å². The van der Waals surface area contributed by atoms with Crippen LogP contribution in [0.2, 0.25) is 0 Å². The van der Waals surface area contributed by atoms with E-state index in [1.807, 2.05) is 13.8 Å². The standard InChI is InChI=1S/C13H22N2O2S2.ClH/c1-10-8-13(11(2)18-10)19(16,17)15-7-3-4-12(9-15)5-6-14;/h8,12H,3-7,9,14H2,1-2H3;1H. The van der Waals surface area contributed by atoms with Crippen LogP contribution in [0.15, 0.2) is 11.0 Å². The first kappa shape index (κ1) is 17.9. The van der Waals surface area contributed by atoms with Crippen LogP contribution in [-0.4, -0.2) is 32.4 Å². The molecule has 0 bridgehead atoms. The van der Waals surface area contributed by atoms with Gasteiger partial charge in [-0.3, -0.25) is 0 Å². The monoisotopic (exact) mass is 338 g/mol. The van der Waals surface area contributed by atoms with Crippen LogP contribution < -0.4 is 5.73 Å². The molecule has 0 spiro atoms. The summed E-state index contributed by atoms with van der Waals surface area (Å²) in [5.74, 6) is 0.411. The van der Waals surface area contributed by atoms with Crippen molar-refractivity contribution in [2.24, 2.45) is 11.7 Å². The highest BCUT2D eigenvalue weighted by Gasteiger charge is 2.31. The quantitative estimate of drug-likeness (QED) is 0.917. The van der Waals surface area contributed by atoms with Crippen molar-refractivity contribution < 1.29 is 8.42 Å². The molecule has 20 heavy (non-hydrogen) atoms. The summed E-state index contributed by atoms with van der Waals surface area (Å²) in [5, 5.41) is 0. The molecule has 2 heterocycles. The Morgan fingerprint density at radius 1 is 1.45 bits per heavy atom. The fourth-order valence-corrected chi connectivity index (χ4v) is 5.80. The molecule has 0 aromatic carbocycles. The van der Waals surface area contributed by atoms with Crippen molar-refractivity contribution in [2.45, 2.75) is 38.0 Å². The van der Waals surface area contributed by atoms with Crippen molar-refractivity contribution in [3.8, 4) is 0 Å². The number of halogens is 1. The Labute approximate surface area is 131 Å². The number of nitrogens with zero attached hydrogens (tertiary/aromatic N) is 1. The van der Waals surface area contributed by atoms with Crippen LogP contribution in [0, 0.1) is 19.8 Å². The fraction of sp³-hybridized carbons (Fsp3) is 0.692. The van der Waals surface area contributed by atoms with E-state index in [9.17, 15) is 8.42 Å². The maximum Gasteiger partial charge on any atom is 0.244 e. The van der Waals surface area contributed by atoms with Crippen molar-refractivity contribution in [3.05, 3.63) is 15.8 Å². The average Bonchev–Trinajstić information content (AvgIpc) is 2.70. The molecular formula is C13H23ClN2O2S2. The van der Waals surface area contributed by atoms with Crippen LogP contribution in [0.3, 0.4) is 0 Å². The van der Waals surface area contributed by atoms with Gasteiger partial charge in [0.15, 0.2) is 0 Å². The summed E-state index contributed by atoms with van der Waals surface area (Å²) in [6.45, 7) is 5.72. The number of piperidine rings is 1. The molecule has 0 aliphatic carbocycles. The predicted octanol–water partition coefficient (Wildman–Crippen LogP) is 2.54. The van der Waals surface area contributed by atoms with Gasteiger partial charge in [-0.25, -0.2) is 8.42 Å². The summed E-state index contributed by atoms with van der Waals surface area (Å²) in [5.41, 5.74) is 5.59. The van der Waals surface area contributed by atoms with E-state index in [2.05, 4.69) is 0 Å². The van der Waals surface area contributed by atoms with Crippen LogP contribution >= 0.6 is 23.7 Å². The minimum absolute atomic E-state index is 0. The van der Waals surface area contributed by atoms with Crippen LogP contribution in [0.25, 0.3) is 0 Å². The first-order valence-corrected chi connectivity index (χ1v) is 8.98. The number of rotatable bonds is 4. The second-order valence-electron chi connectivity index (χ2n) is 5.23. The number of sulfonamides is 1. The zero-order valence-corrected chi connectivity index (χ0v) is 14.4. The van der Waals surface area contributed by atoms with Gasteiger partial charge in [-0.05, 0) is 51.6 Å². The van der Waals surface area contributed by atoms with Gasteiger partial charge in [0.1, 0.15) is 0 Å². The molecule has 2 rings (SSSR count). The second-order valence-corrected chi connectivity index (χ2v) is 8.59. The van der Waals surface area contributed by atoms with E-state index >= 15 is 0 Å². The zero-order valence-electron chi connectivity index (χ0n) is 12.0. The molecule has 1 aromatic heterocycles. The Kier molecular flexibility index (Phi) is 6.47. The summed E-state index contributed by atoms with van der Waals surface area (Å²) in [4.78, 5) is 2.42. The Balaban J connectivity index is 0.00000200. The molecule has 2 N–H and O–H groups in total. The van der Waals surface area contributed by atoms with Gasteiger partial charge >= 0.3 is 0 Å². The van der Waals surface area contributed by atoms with Gasteiger partial charge in [0.25, 0.3) is 0 Å². The molecule has 116 valence electrons. The summed E-state index contributed by atoms with van der Waals surface area (Å²) in [6.07, 6.45) is 2.94. The van der Waals surface area contributed by atoms with E-state index in [0.29, 0.717) is 30.4 Å². The highest BCUT2D eigenvalue weighted by molar-refractivity contribution is 7.89. The average molecular weight is 339 g/mol. The van der Waals surface area contributed by atoms with Crippen LogP contribution in [-0.2, 0) is 10.0 Å². The van der Waals surface area contributed by atoms with Crippen molar-refractivity contribution in [2.75, 3.05) is 19.6 Å². The van der Waals surface area contributed by atoms with Gasteiger partial charge in [-0.15, -0.1) is 23.7 Å². The third kappa shape index (κ3) is 3.74. The first-order valence-electron chi connectivity index (χ1n) is 6.72. The van der Waals surface area contributed by atoms with Crippen LogP contribution in [0.4, 0.5) is 0 Å². The van der Waals surface area contributed by atoms with Crippen molar-refractivity contribution >= 4 is 33.8 Å². The molecule has 1 atom stereocenters. The van der Waals surface area contributed by atoms with Gasteiger partial charge in [-0.1, -0.05) is 0 Å². The van der Waals surface area contributed by atoms with Gasteiger partial charge in [-0.2, -0.15) is 4.31 Å². The highest BCUT2D eigenvalue weighted by atomic mass is 35.5. The van der Waals surface area contributed by atoms with Gasteiger partial charge in [0.05, 0.1) is 4.90 Å². The molecule has 1 aromatic rings. The molecular weight excluding hydrogens is 316 g/mol. The van der Waals surface area contributed by atoms with E-state index in [1.165, 1.54) is 0 Å². The van der Waals surface area contributed by atoms with Crippen LogP contribution in [0.5, 0.6) is 0 Å². The molecule has 4 nitrogen and oxygen atoms in total. The number of hydrogen-bond donors (Lipinski definition) is 1. The second kappa shape index (κ2) is 7.22. The minimum atomic E-state index is -3.32. The third-order valence-corrected chi connectivity index (χ3v) is 6.76. The van der Waals surface area contributed by atoms with Crippen molar-refractivity contribution in [3.63, 3.8) is 0 Å². The summed E-state index contributed by atoms with van der Waals surface area (Å²) >= 11 is 1.55. The Morgan fingerprint density at radius 2 is 2.15 bits per heavy atom. The molecule has 0 amide bonds. The number of aryl methyl sites for hydroxylation is 2. The lowest BCUT2D eigenvalue weighted by molar-refractivity contribution is 0.258. The molecule has 1 fully saturated rings. The van der Waals surface area contributed by atoms with Gasteiger partial charge in [0, 0.05) is 22.8 Å². The molecule has 1 aliphatic heterocycles. The SMILES string of the molecule is Cc1cc(S(=O)(=O)N2CCCC(CCN)C2)c(C)s1.Cl. The summed E-state index contributed by atoms with van der Waals surface area (Å²) in [7, 11) is -3.32. The number of thiophene rings is 1. The first-order chi connectivity index (χ1) is 8.95. The topological polar surface area (TPSA) is 63.4 Å². The minimum Gasteiger partial charge on any atom is -0.330 e. The fourth-order valence-electron chi connectivity index (χ4n) is 2.72. The Bertz CT molecular complexity index is 541. The van der Waals surface area contributed by atoms with Gasteiger partial charge < -0.3 is 5.73 Å². The Morgan fingerprint density at radius 3 is 2.70 bits per heavy atom. The maximum atomic E-state index is 12.7. The molecule has 7 heteroatoms. The lowest BCUT2D eigenvalue weighted by Crippen LogP contribution is -2.40. The van der Waals surface area contributed by atoms with E-state index < -0.39 is 10.0 Å². The lowest BCUT2D eigenvalue weighted by atomic mass is 9.96. The number of nitrogens with two attached hydrogens (primary N) is 1. The molecule has 0 radical (unpaired) electrons. The Hall–Kier alpha value is -0.140. The third-order valence-electron chi connectivity index (χ3n) is 3.67. The van der Waals surface area contributed by atoms with Crippen molar-refractivity contribution in [1.82, 2.24) is 4.31 Å². The lowest BCUT2D eigenvalue weighted by Gasteiger charge is -2.31. The summed E-state index contributed by atoms with van der Waals surface area (Å²) in [6, 6.07) is 1.79. The van der Waals surface area contributed by atoms with E-state index in [-0.39, 0.29) is 12.4 Å². The molecule has 1 saturated heterocycles. The predicted molar refractivity (Wildman–Crippen MR) is 86.2 cm³/mol. The highest BCUT2D eigenvalue weighted by Crippen LogP contribution is 2.30. The zero-order chi connectivity index (χ0) is 14.0. The molecule has 1 unspecified atom stereocenters. The van der Waals surface area contributed by atoms with Gasteiger partial charge in [0.2, 0.25) is 10.0 Å².